The van der Waals surface area contributed by atoms with Gasteiger partial charge in [-0.3, -0.25) is 9.59 Å². The van der Waals surface area contributed by atoms with E-state index in [0.29, 0.717) is 33.8 Å². The van der Waals surface area contributed by atoms with E-state index in [0.717, 1.165) is 33.8 Å². The molecule has 0 saturated carbocycles. The van der Waals surface area contributed by atoms with Gasteiger partial charge in [0.25, 0.3) is 0 Å². The zero-order chi connectivity index (χ0) is 46.5. The van der Waals surface area contributed by atoms with E-state index < -0.39 is 7.26 Å². The fourth-order valence-electron chi connectivity index (χ4n) is 8.69. The van der Waals surface area contributed by atoms with Crippen molar-refractivity contribution in [2.24, 2.45) is 0 Å². The summed E-state index contributed by atoms with van der Waals surface area (Å²) in [7, 11) is -2.27. The lowest BCUT2D eigenvalue weighted by molar-refractivity contribution is -0.0000289. The highest BCUT2D eigenvalue weighted by molar-refractivity contribution is 8.01. The molecule has 0 aromatic heterocycles. The zero-order valence-electron chi connectivity index (χ0n) is 38.2. The van der Waals surface area contributed by atoms with Crippen molar-refractivity contribution in [1.82, 2.24) is 0 Å². The third-order valence-electron chi connectivity index (χ3n) is 12.5. The molecule has 68 heavy (non-hydrogen) atoms. The van der Waals surface area contributed by atoms with Crippen molar-refractivity contribution in [2.75, 3.05) is 0 Å². The molecule has 0 aliphatic rings. The molecule has 0 unspecified atom stereocenters. The average molecular weight is 915 g/mol. The van der Waals surface area contributed by atoms with Crippen molar-refractivity contribution in [3.63, 3.8) is 0 Å². The van der Waals surface area contributed by atoms with Gasteiger partial charge in [0.2, 0.25) is 0 Å². The van der Waals surface area contributed by atoms with Crippen molar-refractivity contribution < 1.29 is 28.2 Å². The first kappa shape index (κ1) is 46.7. The number of halogens is 2. The minimum atomic E-state index is -2.27. The van der Waals surface area contributed by atoms with E-state index >= 15 is 0 Å². The van der Waals surface area contributed by atoms with Gasteiger partial charge in [0.1, 0.15) is 57.3 Å². The highest BCUT2D eigenvalue weighted by Crippen LogP contribution is 2.54. The Balaban J connectivity index is 0.00000625. The first-order valence-corrected chi connectivity index (χ1v) is 24.1. The Morgan fingerprint density at radius 2 is 0.721 bits per heavy atom. The van der Waals surface area contributed by atoms with Crippen molar-refractivity contribution in [3.8, 4) is 23.0 Å². The van der Waals surface area contributed by atoms with E-state index in [-0.39, 0.29) is 27.5 Å². The summed E-state index contributed by atoms with van der Waals surface area (Å²) in [4.78, 5) is 26.8. The van der Waals surface area contributed by atoms with E-state index in [1.165, 1.54) is 45.5 Å². The SMILES string of the molecule is Cc1cc(C(C)(C)c2ccc(Oc3ccc(C(=O)c4ccc([P+](c5ccccc5)(c5ccccc5)c5ccccc5)cc4)cc3)c(C)c2)ccc1Oc1ccc(C(=O)c2ccc(F)cc2)cc1.[F-]. The highest BCUT2D eigenvalue weighted by Gasteiger charge is 2.47. The van der Waals surface area contributed by atoms with Crippen LogP contribution in [0.25, 0.3) is 0 Å². The molecule has 0 heterocycles. The predicted octanol–water partition coefficient (Wildman–Crippen LogP) is 10.4. The maximum Gasteiger partial charge on any atom is 0.193 e. The molecule has 9 aromatic carbocycles. The number of carbonyl (C=O) groups excluding carboxylic acids is 2. The molecule has 0 aliphatic carbocycles. The number of ketones is 2. The fourth-order valence-corrected chi connectivity index (χ4v) is 12.9. The van der Waals surface area contributed by atoms with Crippen molar-refractivity contribution in [3.05, 3.63) is 275 Å². The summed E-state index contributed by atoms with van der Waals surface area (Å²) in [6.07, 6.45) is 0. The van der Waals surface area contributed by atoms with Gasteiger partial charge in [-0.15, -0.1) is 0 Å². The standard InChI is InChI=1S/C61H49FO4P.FH/c1-42-40-48(28-38-57(42)65-51-32-22-45(23-33-51)59(63)44-20-30-50(62)31-21-44)61(3,4)49-29-39-58(43(2)41-49)66-52-34-24-46(25-35-52)60(64)47-26-36-56(37-27-47)67(53-14-8-5-9-15-53,54-16-10-6-11-17-54)55-18-12-7-13-19-55;/h5-41H,1-4H3;1H/q+1;/p-1. The summed E-state index contributed by atoms with van der Waals surface area (Å²) in [5.41, 5.74) is 6.04. The second kappa shape index (κ2) is 20.0. The number of aryl methyl sites for hydroxylation is 2. The van der Waals surface area contributed by atoms with Crippen LogP contribution < -0.4 is 35.4 Å². The van der Waals surface area contributed by atoms with Crippen LogP contribution in [0.4, 0.5) is 4.39 Å². The number of carbonyl (C=O) groups is 2. The quantitative estimate of drug-likeness (QED) is 0.0806. The smallest absolute Gasteiger partial charge is 0.193 e. The number of hydrogen-bond donors (Lipinski definition) is 0. The Bertz CT molecular complexity index is 3080. The van der Waals surface area contributed by atoms with Gasteiger partial charge in [-0.1, -0.05) is 92.7 Å². The van der Waals surface area contributed by atoms with E-state index in [9.17, 15) is 14.0 Å². The third kappa shape index (κ3) is 9.42. The predicted molar refractivity (Wildman–Crippen MR) is 272 cm³/mol. The molecule has 9 rings (SSSR count). The Kier molecular flexibility index (Phi) is 13.7. The molecular formula is C61H49F2O4P. The van der Waals surface area contributed by atoms with Crippen LogP contribution in [0.15, 0.2) is 224 Å². The van der Waals surface area contributed by atoms with Crippen molar-refractivity contribution in [1.29, 1.82) is 0 Å². The van der Waals surface area contributed by atoms with Crippen LogP contribution >= 0.6 is 7.26 Å². The molecule has 4 nitrogen and oxygen atoms in total. The average Bonchev–Trinajstić information content (AvgIpc) is 3.37. The van der Waals surface area contributed by atoms with Gasteiger partial charge < -0.3 is 14.2 Å². The molecule has 0 spiro atoms. The highest BCUT2D eigenvalue weighted by atomic mass is 31.2. The van der Waals surface area contributed by atoms with E-state index in [1.54, 1.807) is 24.3 Å². The van der Waals surface area contributed by atoms with Crippen LogP contribution in [0, 0.1) is 19.7 Å². The van der Waals surface area contributed by atoms with Gasteiger partial charge in [0.15, 0.2) is 11.6 Å². The molecule has 0 fully saturated rings. The van der Waals surface area contributed by atoms with Crippen LogP contribution in [0.5, 0.6) is 23.0 Å². The number of benzene rings is 9. The molecular weight excluding hydrogens is 866 g/mol. The molecule has 0 saturated heterocycles. The maximum atomic E-state index is 13.9. The Labute approximate surface area is 397 Å². The molecule has 9 aromatic rings. The zero-order valence-corrected chi connectivity index (χ0v) is 39.1. The minimum Gasteiger partial charge on any atom is -1.00 e. The molecule has 0 atom stereocenters. The molecule has 0 bridgehead atoms. The monoisotopic (exact) mass is 914 g/mol. The lowest BCUT2D eigenvalue weighted by Gasteiger charge is -2.28. The maximum absolute atomic E-state index is 13.9. The Hall–Kier alpha value is -7.79. The second-order valence-electron chi connectivity index (χ2n) is 17.2. The summed E-state index contributed by atoms with van der Waals surface area (Å²) >= 11 is 0. The summed E-state index contributed by atoms with van der Waals surface area (Å²) in [5.74, 6) is 2.10. The molecule has 0 amide bonds. The summed E-state index contributed by atoms with van der Waals surface area (Å²) < 4.78 is 26.0. The van der Waals surface area contributed by atoms with Crippen LogP contribution in [0.1, 0.15) is 67.9 Å². The van der Waals surface area contributed by atoms with Crippen LogP contribution in [0.3, 0.4) is 0 Å². The number of rotatable bonds is 14. The topological polar surface area (TPSA) is 52.6 Å². The molecule has 0 N–H and O–H groups in total. The summed E-state index contributed by atoms with van der Waals surface area (Å²) in [6.45, 7) is 8.47. The summed E-state index contributed by atoms with van der Waals surface area (Å²) in [6, 6.07) is 72.7. The van der Waals surface area contributed by atoms with E-state index in [2.05, 4.69) is 141 Å². The van der Waals surface area contributed by atoms with Gasteiger partial charge in [0.05, 0.1) is 0 Å². The van der Waals surface area contributed by atoms with Crippen LogP contribution in [-0.4, -0.2) is 11.6 Å². The Morgan fingerprint density at radius 1 is 0.412 bits per heavy atom. The minimum absolute atomic E-state index is 0. The fraction of sp³-hybridized carbons (Fsp3) is 0.0820. The molecule has 7 heteroatoms. The lowest BCUT2D eigenvalue weighted by Crippen LogP contribution is -3.00. The van der Waals surface area contributed by atoms with Gasteiger partial charge in [-0.25, -0.2) is 4.39 Å². The molecule has 336 valence electrons. The van der Waals surface area contributed by atoms with Crippen LogP contribution in [0.2, 0.25) is 0 Å². The van der Waals surface area contributed by atoms with Gasteiger partial charge >= 0.3 is 0 Å². The molecule has 0 radical (unpaired) electrons. The lowest BCUT2D eigenvalue weighted by atomic mass is 9.77. The number of ether oxygens (including phenoxy) is 2. The normalized spacial score (nSPS) is 11.3. The van der Waals surface area contributed by atoms with E-state index in [4.69, 9.17) is 9.47 Å². The van der Waals surface area contributed by atoms with Gasteiger partial charge in [0, 0.05) is 27.7 Å². The van der Waals surface area contributed by atoms with Crippen molar-refractivity contribution in [2.45, 2.75) is 33.1 Å². The van der Waals surface area contributed by atoms with Crippen molar-refractivity contribution >= 4 is 40.0 Å². The summed E-state index contributed by atoms with van der Waals surface area (Å²) in [5, 5.41) is 4.95. The second-order valence-corrected chi connectivity index (χ2v) is 20.6. The van der Waals surface area contributed by atoms with E-state index in [1.807, 2.05) is 62.4 Å². The largest absolute Gasteiger partial charge is 1.00 e. The molecule has 0 aliphatic heterocycles. The van der Waals surface area contributed by atoms with Gasteiger partial charge in [-0.05, 0) is 182 Å². The first-order chi connectivity index (χ1) is 32.5. The Morgan fingerprint density at radius 3 is 1.06 bits per heavy atom. The number of hydrogen-bond acceptors (Lipinski definition) is 4. The third-order valence-corrected chi connectivity index (χ3v) is 16.8. The van der Waals surface area contributed by atoms with Gasteiger partial charge in [-0.2, -0.15) is 0 Å². The van der Waals surface area contributed by atoms with Crippen LogP contribution in [-0.2, 0) is 5.41 Å². The first-order valence-electron chi connectivity index (χ1n) is 22.3.